The summed E-state index contributed by atoms with van der Waals surface area (Å²) in [6.45, 7) is 0. The van der Waals surface area contributed by atoms with Crippen molar-refractivity contribution < 1.29 is 24.5 Å². The Morgan fingerprint density at radius 1 is 1.27 bits per heavy atom. The van der Waals surface area contributed by atoms with Crippen LogP contribution >= 0.6 is 0 Å². The van der Waals surface area contributed by atoms with Gasteiger partial charge in [-0.1, -0.05) is 12.2 Å². The van der Waals surface area contributed by atoms with Crippen LogP contribution in [0.5, 0.6) is 17.2 Å². The van der Waals surface area contributed by atoms with Crippen LogP contribution in [0.3, 0.4) is 0 Å². The third kappa shape index (κ3) is 3.49. The molecule has 1 aliphatic rings. The van der Waals surface area contributed by atoms with Gasteiger partial charge in [-0.05, 0) is 30.6 Å². The maximum absolute atomic E-state index is 12.2. The van der Waals surface area contributed by atoms with Gasteiger partial charge < -0.3 is 19.7 Å². The number of rotatable bonds is 5. The Balaban J connectivity index is 2.15. The van der Waals surface area contributed by atoms with E-state index in [4.69, 9.17) is 9.47 Å². The van der Waals surface area contributed by atoms with Crippen LogP contribution in [0.2, 0.25) is 0 Å². The number of benzene rings is 1. The SMILES string of the molecule is COC1=CCC(C=CC(=O)c2c(O)cc(O)cc2OC)C=C1. The fraction of sp³-hybridized carbons (Fsp3) is 0.235. The van der Waals surface area contributed by atoms with Crippen molar-refractivity contribution in [3.8, 4) is 17.2 Å². The molecule has 5 nitrogen and oxygen atoms in total. The molecule has 0 saturated carbocycles. The lowest BCUT2D eigenvalue weighted by Crippen LogP contribution is -2.02. The molecule has 1 unspecified atom stereocenters. The van der Waals surface area contributed by atoms with Crippen LogP contribution in [0.1, 0.15) is 16.8 Å². The van der Waals surface area contributed by atoms with Crippen LogP contribution in [0.25, 0.3) is 0 Å². The zero-order valence-corrected chi connectivity index (χ0v) is 12.4. The lowest BCUT2D eigenvalue weighted by molar-refractivity contribution is 0.104. The first-order chi connectivity index (χ1) is 10.5. The summed E-state index contributed by atoms with van der Waals surface area (Å²) in [5, 5.41) is 19.3. The number of phenolic OH excluding ortho intramolecular Hbond substituents is 2. The highest BCUT2D eigenvalue weighted by Gasteiger charge is 2.17. The van der Waals surface area contributed by atoms with Gasteiger partial charge in [-0.2, -0.15) is 0 Å². The molecule has 116 valence electrons. The first-order valence-corrected chi connectivity index (χ1v) is 6.80. The monoisotopic (exact) mass is 302 g/mol. The molecule has 2 N–H and O–H groups in total. The van der Waals surface area contributed by atoms with Crippen LogP contribution in [-0.2, 0) is 4.74 Å². The van der Waals surface area contributed by atoms with E-state index in [2.05, 4.69) is 0 Å². The van der Waals surface area contributed by atoms with Crippen LogP contribution in [0.4, 0.5) is 0 Å². The van der Waals surface area contributed by atoms with Crippen molar-refractivity contribution in [2.45, 2.75) is 6.42 Å². The largest absolute Gasteiger partial charge is 0.508 e. The topological polar surface area (TPSA) is 76.0 Å². The molecule has 1 aromatic carbocycles. The summed E-state index contributed by atoms with van der Waals surface area (Å²) >= 11 is 0. The van der Waals surface area contributed by atoms with Crippen LogP contribution in [0, 0.1) is 5.92 Å². The van der Waals surface area contributed by atoms with E-state index in [0.29, 0.717) is 0 Å². The predicted molar refractivity (Wildman–Crippen MR) is 82.1 cm³/mol. The molecule has 0 saturated heterocycles. The molecule has 0 bridgehead atoms. The number of hydrogen-bond donors (Lipinski definition) is 2. The zero-order valence-electron chi connectivity index (χ0n) is 12.4. The van der Waals surface area contributed by atoms with E-state index in [9.17, 15) is 15.0 Å². The Morgan fingerprint density at radius 2 is 2.05 bits per heavy atom. The second-order valence-corrected chi connectivity index (χ2v) is 4.83. The van der Waals surface area contributed by atoms with Gasteiger partial charge in [0, 0.05) is 12.1 Å². The lowest BCUT2D eigenvalue weighted by atomic mass is 9.98. The second-order valence-electron chi connectivity index (χ2n) is 4.83. The molecule has 0 radical (unpaired) electrons. The highest BCUT2D eigenvalue weighted by Crippen LogP contribution is 2.33. The molecule has 5 heteroatoms. The molecule has 0 heterocycles. The molecular weight excluding hydrogens is 284 g/mol. The number of ether oxygens (including phenoxy) is 2. The number of phenols is 2. The zero-order chi connectivity index (χ0) is 16.1. The normalized spacial score (nSPS) is 17.4. The van der Waals surface area contributed by atoms with Crippen molar-refractivity contribution in [1.82, 2.24) is 0 Å². The molecular formula is C17H18O5. The molecule has 1 aromatic rings. The quantitative estimate of drug-likeness (QED) is 0.646. The molecule has 1 aliphatic carbocycles. The molecule has 0 spiro atoms. The molecule has 2 rings (SSSR count). The molecule has 1 atom stereocenters. The maximum Gasteiger partial charge on any atom is 0.193 e. The molecule has 0 aromatic heterocycles. The van der Waals surface area contributed by atoms with Crippen molar-refractivity contribution in [2.24, 2.45) is 5.92 Å². The third-order valence-electron chi connectivity index (χ3n) is 3.36. The van der Waals surface area contributed by atoms with Crippen molar-refractivity contribution in [1.29, 1.82) is 0 Å². The third-order valence-corrected chi connectivity index (χ3v) is 3.36. The number of methoxy groups -OCH3 is 2. The van der Waals surface area contributed by atoms with Crippen molar-refractivity contribution >= 4 is 5.78 Å². The Kier molecular flexibility index (Phi) is 4.88. The summed E-state index contributed by atoms with van der Waals surface area (Å²) in [4.78, 5) is 12.2. The Labute approximate surface area is 128 Å². The number of hydrogen-bond acceptors (Lipinski definition) is 5. The van der Waals surface area contributed by atoms with Crippen molar-refractivity contribution in [3.05, 3.63) is 53.8 Å². The molecule has 0 aliphatic heterocycles. The van der Waals surface area contributed by atoms with Crippen LogP contribution in [-0.4, -0.2) is 30.2 Å². The minimum absolute atomic E-state index is 0.0319. The molecule has 0 amide bonds. The van der Waals surface area contributed by atoms with Gasteiger partial charge in [0.2, 0.25) is 0 Å². The summed E-state index contributed by atoms with van der Waals surface area (Å²) in [6.07, 6.45) is 9.63. The van der Waals surface area contributed by atoms with Crippen molar-refractivity contribution in [2.75, 3.05) is 14.2 Å². The number of carbonyl (C=O) groups is 1. The summed E-state index contributed by atoms with van der Waals surface area (Å²) in [6, 6.07) is 2.40. The highest BCUT2D eigenvalue weighted by atomic mass is 16.5. The van der Waals surface area contributed by atoms with E-state index in [1.807, 2.05) is 18.2 Å². The smallest absolute Gasteiger partial charge is 0.193 e. The number of aromatic hydroxyl groups is 2. The second kappa shape index (κ2) is 6.85. The predicted octanol–water partition coefficient (Wildman–Crippen LogP) is 2.95. The van der Waals surface area contributed by atoms with Gasteiger partial charge >= 0.3 is 0 Å². The summed E-state index contributed by atoms with van der Waals surface area (Å²) in [5.41, 5.74) is 0.0319. The standard InChI is InChI=1S/C17H18O5/c1-21-13-6-3-11(4-7-13)5-8-14(19)17-15(20)9-12(18)10-16(17)22-2/h3,5-11,18,20H,4H2,1-2H3. The highest BCUT2D eigenvalue weighted by molar-refractivity contribution is 6.08. The van der Waals surface area contributed by atoms with Gasteiger partial charge in [0.25, 0.3) is 0 Å². The van der Waals surface area contributed by atoms with Gasteiger partial charge in [0.1, 0.15) is 28.6 Å². The first kappa shape index (κ1) is 15.7. The van der Waals surface area contributed by atoms with Gasteiger partial charge in [0.05, 0.1) is 14.2 Å². The number of carbonyl (C=O) groups excluding carboxylic acids is 1. The van der Waals surface area contributed by atoms with Crippen LogP contribution < -0.4 is 4.74 Å². The fourth-order valence-electron chi connectivity index (χ4n) is 2.20. The number of ketones is 1. The van der Waals surface area contributed by atoms with Gasteiger partial charge in [0.15, 0.2) is 5.78 Å². The molecule has 22 heavy (non-hydrogen) atoms. The Morgan fingerprint density at radius 3 is 2.64 bits per heavy atom. The van der Waals surface area contributed by atoms with E-state index in [0.717, 1.165) is 18.2 Å². The summed E-state index contributed by atoms with van der Waals surface area (Å²) < 4.78 is 10.1. The van der Waals surface area contributed by atoms with E-state index in [1.54, 1.807) is 13.2 Å². The minimum Gasteiger partial charge on any atom is -0.508 e. The maximum atomic E-state index is 12.2. The first-order valence-electron chi connectivity index (χ1n) is 6.80. The van der Waals surface area contributed by atoms with Crippen molar-refractivity contribution in [3.63, 3.8) is 0 Å². The summed E-state index contributed by atoms with van der Waals surface area (Å²) in [5.74, 6) is 0.161. The van der Waals surface area contributed by atoms with E-state index < -0.39 is 0 Å². The van der Waals surface area contributed by atoms with E-state index >= 15 is 0 Å². The molecule has 0 fully saturated rings. The van der Waals surface area contributed by atoms with Gasteiger partial charge in [-0.25, -0.2) is 0 Å². The van der Waals surface area contributed by atoms with Crippen LogP contribution in [0.15, 0.2) is 48.3 Å². The average molecular weight is 302 g/mol. The van der Waals surface area contributed by atoms with Gasteiger partial charge in [-0.3, -0.25) is 4.79 Å². The van der Waals surface area contributed by atoms with E-state index in [-0.39, 0.29) is 34.5 Å². The minimum atomic E-state index is -0.385. The summed E-state index contributed by atoms with van der Waals surface area (Å²) in [7, 11) is 2.98. The Bertz CT molecular complexity index is 655. The fourth-order valence-corrected chi connectivity index (χ4v) is 2.20. The lowest BCUT2D eigenvalue weighted by Gasteiger charge is -2.12. The van der Waals surface area contributed by atoms with Gasteiger partial charge in [-0.15, -0.1) is 0 Å². The Hall–Kier alpha value is -2.69. The van der Waals surface area contributed by atoms with E-state index in [1.165, 1.54) is 19.3 Å². The number of allylic oxidation sites excluding steroid dienone is 5. The average Bonchev–Trinajstić information content (AvgIpc) is 2.52.